The summed E-state index contributed by atoms with van der Waals surface area (Å²) < 4.78 is 0. The minimum absolute atomic E-state index is 0.147. The smallest absolute Gasteiger partial charge is 0.261 e. The highest BCUT2D eigenvalue weighted by molar-refractivity contribution is 7.81. The normalized spacial score (nSPS) is 14.9. The van der Waals surface area contributed by atoms with Gasteiger partial charge in [0.2, 0.25) is 17.7 Å². The van der Waals surface area contributed by atoms with Crippen LogP contribution in [-0.2, 0) is 14.4 Å². The number of hydrogen-bond acceptors (Lipinski definition) is 7. The lowest BCUT2D eigenvalue weighted by molar-refractivity contribution is -0.131. The van der Waals surface area contributed by atoms with Crippen LogP contribution in [0.4, 0.5) is 0 Å². The van der Waals surface area contributed by atoms with Gasteiger partial charge in [-0.25, -0.2) is 0 Å². The van der Waals surface area contributed by atoms with Gasteiger partial charge in [-0.2, -0.15) is 12.6 Å². The molecule has 0 saturated carbocycles. The van der Waals surface area contributed by atoms with Crippen LogP contribution in [-0.4, -0.2) is 70.8 Å². The summed E-state index contributed by atoms with van der Waals surface area (Å²) in [6.07, 6.45) is 2.24. The highest BCUT2D eigenvalue weighted by Crippen LogP contribution is 2.23. The molecule has 0 aliphatic carbocycles. The van der Waals surface area contributed by atoms with Gasteiger partial charge in [0, 0.05) is 13.1 Å². The number of thiol groups is 1. The topological polar surface area (TPSA) is 201 Å². The first-order valence-corrected chi connectivity index (χ1v) is 12.7. The van der Waals surface area contributed by atoms with Crippen molar-refractivity contribution in [3.8, 4) is 0 Å². The second-order valence-corrected chi connectivity index (χ2v) is 9.38. The lowest BCUT2D eigenvalue weighted by Crippen LogP contribution is -2.54. The molecule has 3 atom stereocenters. The van der Waals surface area contributed by atoms with Crippen molar-refractivity contribution in [1.29, 1.82) is 5.41 Å². The highest BCUT2D eigenvalue weighted by atomic mass is 32.1. The largest absolute Gasteiger partial charge is 0.370 e. The maximum absolute atomic E-state index is 12.8. The molecular weight excluding hydrogens is 498 g/mol. The number of carbonyl (C=O) groups is 5. The van der Waals surface area contributed by atoms with Crippen LogP contribution in [0.25, 0.3) is 0 Å². The first-order valence-electron chi connectivity index (χ1n) is 12.2. The van der Waals surface area contributed by atoms with E-state index in [1.807, 2.05) is 6.92 Å². The Hall–Kier alpha value is -3.61. The number of nitrogens with two attached hydrogens (primary N) is 2. The standard InChI is InChI=1S/C24H35N7O5S/c1-2-7-17(20(33)29-16(19(25)32)10-5-12-28-24(26)27)30-21(34)18(37)11-6-13-31-22(35)14-8-3-4-9-15(14)23(31)36/h3-4,8-9,16-18,37H,2,5-7,10-13H2,1H3,(H2,25,32)(H,29,33)(H,30,34)(H4,26,27,28)/t16-,17-,18?/m0/s1. The highest BCUT2D eigenvalue weighted by Gasteiger charge is 2.35. The number of rotatable bonds is 15. The Morgan fingerprint density at radius 2 is 1.54 bits per heavy atom. The van der Waals surface area contributed by atoms with E-state index in [0.717, 1.165) is 4.90 Å². The van der Waals surface area contributed by atoms with Crippen molar-refractivity contribution in [2.24, 2.45) is 11.5 Å². The summed E-state index contributed by atoms with van der Waals surface area (Å²) in [6, 6.07) is 4.78. The summed E-state index contributed by atoms with van der Waals surface area (Å²) in [5, 5.41) is 14.2. The van der Waals surface area contributed by atoms with Crippen LogP contribution in [0, 0.1) is 5.41 Å². The summed E-state index contributed by atoms with van der Waals surface area (Å²) in [5.41, 5.74) is 11.4. The van der Waals surface area contributed by atoms with Gasteiger partial charge in [-0.05, 0) is 44.2 Å². The average molecular weight is 534 g/mol. The second kappa shape index (κ2) is 14.2. The van der Waals surface area contributed by atoms with E-state index in [2.05, 4.69) is 28.6 Å². The van der Waals surface area contributed by atoms with E-state index in [1.165, 1.54) is 0 Å². The zero-order valence-corrected chi connectivity index (χ0v) is 21.7. The lowest BCUT2D eigenvalue weighted by atomic mass is 10.1. The minimum Gasteiger partial charge on any atom is -0.370 e. The molecule has 0 radical (unpaired) electrons. The number of amides is 5. The summed E-state index contributed by atoms with van der Waals surface area (Å²) >= 11 is 4.34. The number of hydrogen-bond donors (Lipinski definition) is 7. The monoisotopic (exact) mass is 533 g/mol. The SMILES string of the molecule is CCC[C@H](NC(=O)C(S)CCCN1C(=O)c2ccccc2C1=O)C(=O)N[C@@H](CCCNC(=N)N)C(N)=O. The maximum atomic E-state index is 12.8. The Bertz CT molecular complexity index is 999. The number of nitrogens with one attached hydrogen (secondary N) is 4. The Kier molecular flexibility index (Phi) is 11.4. The summed E-state index contributed by atoms with van der Waals surface area (Å²) in [6.45, 7) is 2.34. The van der Waals surface area contributed by atoms with Gasteiger partial charge in [0.1, 0.15) is 12.1 Å². The second-order valence-electron chi connectivity index (χ2n) is 8.76. The van der Waals surface area contributed by atoms with E-state index >= 15 is 0 Å². The third-order valence-corrected chi connectivity index (χ3v) is 6.39. The predicted molar refractivity (Wildman–Crippen MR) is 141 cm³/mol. The Morgan fingerprint density at radius 1 is 0.946 bits per heavy atom. The Morgan fingerprint density at radius 3 is 2.08 bits per heavy atom. The number of carbonyl (C=O) groups excluding carboxylic acids is 5. The molecule has 1 aromatic rings. The molecule has 1 aliphatic rings. The molecular formula is C24H35N7O5S. The molecule has 13 heteroatoms. The van der Waals surface area contributed by atoms with Gasteiger partial charge >= 0.3 is 0 Å². The molecule has 0 bridgehead atoms. The molecule has 8 N–H and O–H groups in total. The first-order chi connectivity index (χ1) is 17.6. The van der Waals surface area contributed by atoms with Gasteiger partial charge in [0.25, 0.3) is 11.8 Å². The van der Waals surface area contributed by atoms with E-state index < -0.39 is 35.1 Å². The van der Waals surface area contributed by atoms with E-state index in [-0.39, 0.29) is 37.2 Å². The molecule has 0 aromatic heterocycles. The van der Waals surface area contributed by atoms with Crippen LogP contribution >= 0.6 is 12.6 Å². The molecule has 202 valence electrons. The zero-order valence-electron chi connectivity index (χ0n) is 20.8. The molecule has 1 heterocycles. The molecule has 5 amide bonds. The quantitative estimate of drug-likeness (QED) is 0.0535. The van der Waals surface area contributed by atoms with Gasteiger partial charge in [-0.1, -0.05) is 25.5 Å². The summed E-state index contributed by atoms with van der Waals surface area (Å²) in [5.74, 6) is -2.64. The van der Waals surface area contributed by atoms with E-state index in [0.29, 0.717) is 43.4 Å². The fraction of sp³-hybridized carbons (Fsp3) is 0.500. The number of fused-ring (bicyclic) bond motifs is 1. The molecule has 12 nitrogen and oxygen atoms in total. The van der Waals surface area contributed by atoms with Gasteiger partial charge in [-0.3, -0.25) is 34.3 Å². The number of benzene rings is 1. The average Bonchev–Trinajstić information content (AvgIpc) is 3.10. The Labute approximate surface area is 221 Å². The molecule has 1 aliphatic heterocycles. The van der Waals surface area contributed by atoms with Crippen molar-refractivity contribution in [3.05, 3.63) is 35.4 Å². The number of primary amides is 1. The fourth-order valence-electron chi connectivity index (χ4n) is 3.93. The molecule has 0 fully saturated rings. The number of imide groups is 1. The van der Waals surface area contributed by atoms with Gasteiger partial charge in [0.05, 0.1) is 16.4 Å². The third kappa shape index (κ3) is 8.48. The predicted octanol–water partition coefficient (Wildman–Crippen LogP) is -0.121. The van der Waals surface area contributed by atoms with Crippen LogP contribution in [0.5, 0.6) is 0 Å². The summed E-state index contributed by atoms with van der Waals surface area (Å²) in [4.78, 5) is 63.4. The van der Waals surface area contributed by atoms with Crippen molar-refractivity contribution in [1.82, 2.24) is 20.9 Å². The van der Waals surface area contributed by atoms with Crippen LogP contribution in [0.15, 0.2) is 24.3 Å². The fourth-order valence-corrected chi connectivity index (χ4v) is 4.19. The molecule has 1 aromatic carbocycles. The molecule has 37 heavy (non-hydrogen) atoms. The van der Waals surface area contributed by atoms with Crippen molar-refractivity contribution >= 4 is 48.1 Å². The van der Waals surface area contributed by atoms with Crippen molar-refractivity contribution in [2.45, 2.75) is 62.8 Å². The van der Waals surface area contributed by atoms with E-state index in [9.17, 15) is 24.0 Å². The van der Waals surface area contributed by atoms with Crippen LogP contribution in [0.3, 0.4) is 0 Å². The summed E-state index contributed by atoms with van der Waals surface area (Å²) in [7, 11) is 0. The van der Waals surface area contributed by atoms with Crippen molar-refractivity contribution in [2.75, 3.05) is 13.1 Å². The van der Waals surface area contributed by atoms with E-state index in [1.54, 1.807) is 24.3 Å². The van der Waals surface area contributed by atoms with Crippen LogP contribution < -0.4 is 27.4 Å². The molecule has 2 rings (SSSR count). The third-order valence-electron chi connectivity index (χ3n) is 5.90. The van der Waals surface area contributed by atoms with Crippen molar-refractivity contribution in [3.63, 3.8) is 0 Å². The van der Waals surface area contributed by atoms with Crippen molar-refractivity contribution < 1.29 is 24.0 Å². The molecule has 1 unspecified atom stereocenters. The van der Waals surface area contributed by atoms with Crippen LogP contribution in [0.1, 0.15) is 66.2 Å². The first kappa shape index (κ1) is 29.6. The van der Waals surface area contributed by atoms with Gasteiger partial charge in [-0.15, -0.1) is 0 Å². The number of nitrogens with zero attached hydrogens (tertiary/aromatic N) is 1. The Balaban J connectivity index is 1.85. The molecule has 0 spiro atoms. The molecule has 0 saturated heterocycles. The number of guanidine groups is 1. The van der Waals surface area contributed by atoms with Gasteiger partial charge in [0.15, 0.2) is 5.96 Å². The van der Waals surface area contributed by atoms with Crippen LogP contribution in [0.2, 0.25) is 0 Å². The zero-order chi connectivity index (χ0) is 27.5. The minimum atomic E-state index is -0.941. The maximum Gasteiger partial charge on any atom is 0.261 e. The van der Waals surface area contributed by atoms with Gasteiger partial charge < -0.3 is 27.4 Å². The van der Waals surface area contributed by atoms with E-state index in [4.69, 9.17) is 16.9 Å². The lowest BCUT2D eigenvalue weighted by Gasteiger charge is -2.23.